The number of hydrogen-bond donors (Lipinski definition) is 2. The van der Waals surface area contributed by atoms with E-state index in [1.54, 1.807) is 0 Å². The maximum atomic E-state index is 9.69. The molecule has 5 nitrogen and oxygen atoms in total. The zero-order valence-corrected chi connectivity index (χ0v) is 12.1. The molecule has 1 aliphatic rings. The van der Waals surface area contributed by atoms with Crippen molar-refractivity contribution in [2.75, 3.05) is 29.9 Å². The summed E-state index contributed by atoms with van der Waals surface area (Å²) in [6, 6.07) is 0. The highest BCUT2D eigenvalue weighted by atomic mass is 16.3. The first-order chi connectivity index (χ1) is 9.15. The van der Waals surface area contributed by atoms with Crippen LogP contribution in [0.1, 0.15) is 38.1 Å². The zero-order chi connectivity index (χ0) is 13.8. The molecule has 106 valence electrons. The predicted molar refractivity (Wildman–Crippen MR) is 77.8 cm³/mol. The summed E-state index contributed by atoms with van der Waals surface area (Å²) in [6.45, 7) is 8.73. The average molecular weight is 264 g/mol. The Morgan fingerprint density at radius 3 is 2.74 bits per heavy atom. The molecule has 1 aromatic heterocycles. The average Bonchev–Trinajstić information content (AvgIpc) is 2.84. The molecule has 0 radical (unpaired) electrons. The number of aryl methyl sites for hydroxylation is 1. The smallest absolute Gasteiger partial charge is 0.137 e. The molecule has 1 fully saturated rings. The van der Waals surface area contributed by atoms with E-state index in [9.17, 15) is 5.11 Å². The number of hydrogen-bond acceptors (Lipinski definition) is 5. The molecule has 1 aromatic rings. The Morgan fingerprint density at radius 1 is 1.37 bits per heavy atom. The molecule has 19 heavy (non-hydrogen) atoms. The Morgan fingerprint density at radius 2 is 2.16 bits per heavy atom. The lowest BCUT2D eigenvalue weighted by Gasteiger charge is -2.21. The summed E-state index contributed by atoms with van der Waals surface area (Å²) in [5.41, 5.74) is 1.08. The van der Waals surface area contributed by atoms with Gasteiger partial charge >= 0.3 is 0 Å². The van der Waals surface area contributed by atoms with Crippen molar-refractivity contribution in [1.29, 1.82) is 0 Å². The summed E-state index contributed by atoms with van der Waals surface area (Å²) < 4.78 is 0. The molecule has 1 atom stereocenters. The number of rotatable bonds is 5. The lowest BCUT2D eigenvalue weighted by atomic mass is 10.2. The topological polar surface area (TPSA) is 61.3 Å². The van der Waals surface area contributed by atoms with Crippen LogP contribution in [0, 0.1) is 6.92 Å². The molecule has 1 unspecified atom stereocenters. The largest absolute Gasteiger partial charge is 0.391 e. The minimum atomic E-state index is -0.230. The van der Waals surface area contributed by atoms with Crippen molar-refractivity contribution >= 4 is 11.6 Å². The molecule has 2 rings (SSSR count). The fraction of sp³-hybridized carbons (Fsp3) is 0.714. The molecule has 5 heteroatoms. The summed E-state index contributed by atoms with van der Waals surface area (Å²) in [6.07, 6.45) is 2.49. The monoisotopic (exact) mass is 264 g/mol. The number of nitrogens with zero attached hydrogens (tertiary/aromatic N) is 3. The summed E-state index contributed by atoms with van der Waals surface area (Å²) in [5, 5.41) is 13.1. The van der Waals surface area contributed by atoms with Crippen LogP contribution in [-0.4, -0.2) is 40.8 Å². The minimum absolute atomic E-state index is 0.230. The maximum Gasteiger partial charge on any atom is 0.137 e. The van der Waals surface area contributed by atoms with E-state index in [-0.39, 0.29) is 6.10 Å². The van der Waals surface area contributed by atoms with Crippen LogP contribution in [0.5, 0.6) is 0 Å². The third-order valence-electron chi connectivity index (χ3n) is 3.49. The fourth-order valence-corrected chi connectivity index (χ4v) is 2.37. The number of nitrogens with one attached hydrogen (secondary N) is 1. The minimum Gasteiger partial charge on any atom is -0.391 e. The molecule has 0 amide bonds. The van der Waals surface area contributed by atoms with Crippen molar-refractivity contribution in [3.05, 3.63) is 11.4 Å². The third kappa shape index (κ3) is 3.15. The van der Waals surface area contributed by atoms with Crippen LogP contribution < -0.4 is 10.2 Å². The summed E-state index contributed by atoms with van der Waals surface area (Å²) in [4.78, 5) is 11.4. The van der Waals surface area contributed by atoms with Gasteiger partial charge in [-0.25, -0.2) is 9.97 Å². The zero-order valence-electron chi connectivity index (χ0n) is 12.1. The van der Waals surface area contributed by atoms with Crippen molar-refractivity contribution in [3.8, 4) is 0 Å². The van der Waals surface area contributed by atoms with Crippen molar-refractivity contribution in [2.45, 2.75) is 46.1 Å². The van der Waals surface area contributed by atoms with Gasteiger partial charge < -0.3 is 15.3 Å². The highest BCUT2D eigenvalue weighted by molar-refractivity contribution is 5.59. The summed E-state index contributed by atoms with van der Waals surface area (Å²) in [5.74, 6) is 2.77. The van der Waals surface area contributed by atoms with E-state index in [2.05, 4.69) is 41.0 Å². The second-order valence-corrected chi connectivity index (χ2v) is 5.11. The number of β-amino-alcohol motifs (C(OH)–C–C–N with tert-alkyl or cyclic N) is 1. The Hall–Kier alpha value is -1.36. The van der Waals surface area contributed by atoms with E-state index in [4.69, 9.17) is 0 Å². The van der Waals surface area contributed by atoms with Crippen LogP contribution >= 0.6 is 0 Å². The number of anilines is 2. The lowest BCUT2D eigenvalue weighted by molar-refractivity contribution is 0.198. The first-order valence-electron chi connectivity index (χ1n) is 7.20. The second kappa shape index (κ2) is 6.19. The van der Waals surface area contributed by atoms with Crippen molar-refractivity contribution in [3.63, 3.8) is 0 Å². The Bertz CT molecular complexity index is 436. The molecule has 0 saturated carbocycles. The Labute approximate surface area is 115 Å². The molecule has 2 heterocycles. The first kappa shape index (κ1) is 14.1. The van der Waals surface area contributed by atoms with Gasteiger partial charge in [-0.15, -0.1) is 0 Å². The van der Waals surface area contributed by atoms with Gasteiger partial charge in [-0.1, -0.05) is 13.8 Å². The maximum absolute atomic E-state index is 9.69. The van der Waals surface area contributed by atoms with E-state index in [1.165, 1.54) is 0 Å². The van der Waals surface area contributed by atoms with Gasteiger partial charge in [0.1, 0.15) is 17.5 Å². The SMILES string of the molecule is CCCNc1nc(CC)nc(N2CCC(O)C2)c1C. The van der Waals surface area contributed by atoms with Gasteiger partial charge in [0.15, 0.2) is 0 Å². The molecule has 2 N–H and O–H groups in total. The lowest BCUT2D eigenvalue weighted by Crippen LogP contribution is -2.24. The van der Waals surface area contributed by atoms with Gasteiger partial charge in [-0.2, -0.15) is 0 Å². The normalized spacial score (nSPS) is 18.9. The van der Waals surface area contributed by atoms with Crippen LogP contribution in [0.4, 0.5) is 11.6 Å². The highest BCUT2D eigenvalue weighted by Crippen LogP contribution is 2.26. The quantitative estimate of drug-likeness (QED) is 0.848. The van der Waals surface area contributed by atoms with Gasteiger partial charge in [-0.05, 0) is 19.8 Å². The molecular formula is C14H24N4O. The van der Waals surface area contributed by atoms with E-state index in [1.807, 2.05) is 0 Å². The standard InChI is InChI=1S/C14H24N4O/c1-4-7-15-13-10(3)14(17-12(5-2)16-13)18-8-6-11(19)9-18/h11,19H,4-9H2,1-3H3,(H,15,16,17). The van der Waals surface area contributed by atoms with E-state index >= 15 is 0 Å². The van der Waals surface area contributed by atoms with Gasteiger partial charge in [0.25, 0.3) is 0 Å². The van der Waals surface area contributed by atoms with Crippen LogP contribution in [0.25, 0.3) is 0 Å². The molecule has 0 aliphatic carbocycles. The van der Waals surface area contributed by atoms with E-state index < -0.39 is 0 Å². The van der Waals surface area contributed by atoms with Crippen LogP contribution in [0.3, 0.4) is 0 Å². The molecule has 1 aliphatic heterocycles. The third-order valence-corrected chi connectivity index (χ3v) is 3.49. The number of aromatic nitrogens is 2. The first-order valence-corrected chi connectivity index (χ1v) is 7.20. The van der Waals surface area contributed by atoms with E-state index in [0.29, 0.717) is 6.54 Å². The molecule has 0 aromatic carbocycles. The highest BCUT2D eigenvalue weighted by Gasteiger charge is 2.24. The van der Waals surface area contributed by atoms with Crippen molar-refractivity contribution < 1.29 is 5.11 Å². The number of aliphatic hydroxyl groups excluding tert-OH is 1. The van der Waals surface area contributed by atoms with Gasteiger partial charge in [0.2, 0.25) is 0 Å². The number of aliphatic hydroxyl groups is 1. The fourth-order valence-electron chi connectivity index (χ4n) is 2.37. The van der Waals surface area contributed by atoms with E-state index in [0.717, 1.165) is 55.4 Å². The van der Waals surface area contributed by atoms with Crippen LogP contribution in [0.15, 0.2) is 0 Å². The van der Waals surface area contributed by atoms with Crippen molar-refractivity contribution in [1.82, 2.24) is 9.97 Å². The molecule has 1 saturated heterocycles. The predicted octanol–water partition coefficient (Wildman–Crippen LogP) is 1.74. The van der Waals surface area contributed by atoms with Gasteiger partial charge in [-0.3, -0.25) is 0 Å². The Kier molecular flexibility index (Phi) is 4.58. The van der Waals surface area contributed by atoms with Crippen molar-refractivity contribution in [2.24, 2.45) is 0 Å². The van der Waals surface area contributed by atoms with Gasteiger partial charge in [0, 0.05) is 31.6 Å². The van der Waals surface area contributed by atoms with Crippen LogP contribution in [-0.2, 0) is 6.42 Å². The van der Waals surface area contributed by atoms with Crippen LogP contribution in [0.2, 0.25) is 0 Å². The second-order valence-electron chi connectivity index (χ2n) is 5.11. The molecule has 0 bridgehead atoms. The Balaban J connectivity index is 2.30. The van der Waals surface area contributed by atoms with Gasteiger partial charge in [0.05, 0.1) is 6.10 Å². The molecular weight excluding hydrogens is 240 g/mol. The summed E-state index contributed by atoms with van der Waals surface area (Å²) in [7, 11) is 0. The summed E-state index contributed by atoms with van der Waals surface area (Å²) >= 11 is 0. The molecule has 0 spiro atoms.